The lowest BCUT2D eigenvalue weighted by Gasteiger charge is -2.05. The van der Waals surface area contributed by atoms with Gasteiger partial charge in [0.25, 0.3) is 17.7 Å². The fourth-order valence-electron chi connectivity index (χ4n) is 1.95. The average Bonchev–Trinajstić information content (AvgIpc) is 2.75. The Balaban J connectivity index is 1.86. The van der Waals surface area contributed by atoms with Gasteiger partial charge < -0.3 is 5.32 Å². The summed E-state index contributed by atoms with van der Waals surface area (Å²) in [6.45, 7) is 0. The molecule has 0 aliphatic carbocycles. The minimum absolute atomic E-state index is 0.266. The van der Waals surface area contributed by atoms with E-state index in [1.807, 2.05) is 0 Å². The zero-order chi connectivity index (χ0) is 14.1. The molecule has 0 spiro atoms. The van der Waals surface area contributed by atoms with Gasteiger partial charge in [0, 0.05) is 23.6 Å². The Kier molecular flexibility index (Phi) is 2.76. The van der Waals surface area contributed by atoms with Crippen molar-refractivity contribution < 1.29 is 14.4 Å². The van der Waals surface area contributed by atoms with Crippen LogP contribution in [0.25, 0.3) is 0 Å². The third-order valence-corrected chi connectivity index (χ3v) is 2.94. The Morgan fingerprint density at radius 2 is 1.70 bits per heavy atom. The van der Waals surface area contributed by atoms with Crippen molar-refractivity contribution in [3.8, 4) is 0 Å². The van der Waals surface area contributed by atoms with Crippen LogP contribution in [0.4, 0.5) is 5.69 Å². The largest absolute Gasteiger partial charge is 0.322 e. The normalized spacial score (nSPS) is 12.8. The van der Waals surface area contributed by atoms with Gasteiger partial charge in [0.05, 0.1) is 11.1 Å². The second-order valence-electron chi connectivity index (χ2n) is 4.23. The van der Waals surface area contributed by atoms with Crippen molar-refractivity contribution in [1.82, 2.24) is 10.3 Å². The van der Waals surface area contributed by atoms with E-state index in [0.717, 1.165) is 0 Å². The smallest absolute Gasteiger partial charge is 0.259 e. The molecule has 2 N–H and O–H groups in total. The maximum Gasteiger partial charge on any atom is 0.259 e. The highest BCUT2D eigenvalue weighted by Gasteiger charge is 2.26. The van der Waals surface area contributed by atoms with E-state index >= 15 is 0 Å². The number of anilines is 1. The molecule has 1 aromatic heterocycles. The molecule has 20 heavy (non-hydrogen) atoms. The van der Waals surface area contributed by atoms with Crippen molar-refractivity contribution in [2.75, 3.05) is 5.32 Å². The highest BCUT2D eigenvalue weighted by molar-refractivity contribution is 6.22. The molecule has 0 unspecified atom stereocenters. The minimum atomic E-state index is -0.454. The van der Waals surface area contributed by atoms with Crippen LogP contribution in [0.15, 0.2) is 42.7 Å². The van der Waals surface area contributed by atoms with Crippen molar-refractivity contribution in [2.45, 2.75) is 0 Å². The average molecular weight is 267 g/mol. The predicted octanol–water partition coefficient (Wildman–Crippen LogP) is 1.22. The third-order valence-electron chi connectivity index (χ3n) is 2.94. The van der Waals surface area contributed by atoms with Gasteiger partial charge in [0.2, 0.25) is 0 Å². The fourth-order valence-corrected chi connectivity index (χ4v) is 1.95. The summed E-state index contributed by atoms with van der Waals surface area (Å²) >= 11 is 0. The van der Waals surface area contributed by atoms with Gasteiger partial charge >= 0.3 is 0 Å². The van der Waals surface area contributed by atoms with E-state index in [9.17, 15) is 14.4 Å². The lowest BCUT2D eigenvalue weighted by Crippen LogP contribution is -2.19. The summed E-state index contributed by atoms with van der Waals surface area (Å²) < 4.78 is 0. The molecule has 0 saturated carbocycles. The Bertz CT molecular complexity index is 726. The van der Waals surface area contributed by atoms with E-state index in [4.69, 9.17) is 0 Å². The Hall–Kier alpha value is -3.02. The van der Waals surface area contributed by atoms with E-state index in [-0.39, 0.29) is 11.5 Å². The van der Waals surface area contributed by atoms with Crippen LogP contribution in [0.1, 0.15) is 31.1 Å². The fraction of sp³-hybridized carbons (Fsp3) is 0. The number of benzene rings is 1. The quantitative estimate of drug-likeness (QED) is 0.801. The van der Waals surface area contributed by atoms with Crippen LogP contribution in [0.3, 0.4) is 0 Å². The van der Waals surface area contributed by atoms with Crippen molar-refractivity contribution in [1.29, 1.82) is 0 Å². The van der Waals surface area contributed by atoms with Crippen LogP contribution in [-0.2, 0) is 0 Å². The minimum Gasteiger partial charge on any atom is -0.322 e. The first-order valence-electron chi connectivity index (χ1n) is 5.86. The van der Waals surface area contributed by atoms with Crippen LogP contribution in [0.2, 0.25) is 0 Å². The summed E-state index contributed by atoms with van der Waals surface area (Å²) in [5, 5.41) is 4.86. The van der Waals surface area contributed by atoms with Crippen LogP contribution in [-0.4, -0.2) is 22.7 Å². The highest BCUT2D eigenvalue weighted by atomic mass is 16.2. The number of carbonyl (C=O) groups is 3. The monoisotopic (exact) mass is 267 g/mol. The number of nitrogens with one attached hydrogen (secondary N) is 2. The van der Waals surface area contributed by atoms with E-state index in [1.165, 1.54) is 24.5 Å². The number of pyridine rings is 1. The van der Waals surface area contributed by atoms with Crippen molar-refractivity contribution in [3.05, 3.63) is 59.4 Å². The molecule has 2 aromatic rings. The van der Waals surface area contributed by atoms with E-state index in [0.29, 0.717) is 16.8 Å². The molecule has 6 heteroatoms. The number of hydrogen-bond donors (Lipinski definition) is 2. The van der Waals surface area contributed by atoms with E-state index < -0.39 is 11.8 Å². The zero-order valence-corrected chi connectivity index (χ0v) is 10.2. The standard InChI is InChI=1S/C14H9N3O3/c18-12(8-3-5-15-6-4-8)16-9-1-2-10-11(7-9)14(20)17-13(10)19/h1-7H,(H,16,18)(H,17,19,20). The van der Waals surface area contributed by atoms with Crippen LogP contribution >= 0.6 is 0 Å². The van der Waals surface area contributed by atoms with Gasteiger partial charge in [-0.25, -0.2) is 0 Å². The van der Waals surface area contributed by atoms with Gasteiger partial charge in [-0.15, -0.1) is 0 Å². The second kappa shape index (κ2) is 4.58. The third kappa shape index (κ3) is 2.03. The van der Waals surface area contributed by atoms with Crippen molar-refractivity contribution in [2.24, 2.45) is 0 Å². The topological polar surface area (TPSA) is 88.2 Å². The van der Waals surface area contributed by atoms with Gasteiger partial charge in [-0.3, -0.25) is 24.7 Å². The summed E-state index contributed by atoms with van der Waals surface area (Å²) in [4.78, 5) is 38.7. The molecule has 98 valence electrons. The number of imide groups is 1. The molecule has 3 rings (SSSR count). The molecular formula is C14H9N3O3. The number of aromatic nitrogens is 1. The zero-order valence-electron chi connectivity index (χ0n) is 10.2. The van der Waals surface area contributed by atoms with E-state index in [2.05, 4.69) is 15.6 Å². The number of fused-ring (bicyclic) bond motifs is 1. The maximum absolute atomic E-state index is 12.0. The molecule has 0 fully saturated rings. The summed E-state index contributed by atoms with van der Waals surface area (Å²) in [6.07, 6.45) is 3.04. The molecule has 3 amide bonds. The highest BCUT2D eigenvalue weighted by Crippen LogP contribution is 2.20. The molecule has 1 aliphatic heterocycles. The molecule has 0 saturated heterocycles. The van der Waals surface area contributed by atoms with E-state index in [1.54, 1.807) is 18.2 Å². The Morgan fingerprint density at radius 3 is 2.45 bits per heavy atom. The van der Waals surface area contributed by atoms with Crippen LogP contribution in [0, 0.1) is 0 Å². The van der Waals surface area contributed by atoms with Crippen LogP contribution in [0.5, 0.6) is 0 Å². The van der Waals surface area contributed by atoms with Gasteiger partial charge in [-0.05, 0) is 30.3 Å². The molecule has 0 bridgehead atoms. The number of carbonyl (C=O) groups excluding carboxylic acids is 3. The maximum atomic E-state index is 12.0. The van der Waals surface area contributed by atoms with Gasteiger partial charge in [0.15, 0.2) is 0 Å². The lowest BCUT2D eigenvalue weighted by molar-refractivity contribution is 0.0878. The second-order valence-corrected chi connectivity index (χ2v) is 4.23. The number of nitrogens with zero attached hydrogens (tertiary/aromatic N) is 1. The molecule has 1 aliphatic rings. The number of rotatable bonds is 2. The predicted molar refractivity (Wildman–Crippen MR) is 70.4 cm³/mol. The Morgan fingerprint density at radius 1 is 1.00 bits per heavy atom. The molecule has 1 aromatic carbocycles. The summed E-state index contributed by atoms with van der Waals surface area (Å²) in [5.41, 5.74) is 1.50. The van der Waals surface area contributed by atoms with Gasteiger partial charge in [0.1, 0.15) is 0 Å². The first-order valence-corrected chi connectivity index (χ1v) is 5.86. The molecule has 0 radical (unpaired) electrons. The molecule has 2 heterocycles. The van der Waals surface area contributed by atoms with Crippen LogP contribution < -0.4 is 10.6 Å². The molecule has 6 nitrogen and oxygen atoms in total. The summed E-state index contributed by atoms with van der Waals surface area (Å²) in [5.74, 6) is -1.18. The number of amides is 3. The summed E-state index contributed by atoms with van der Waals surface area (Å²) in [6, 6.07) is 7.74. The summed E-state index contributed by atoms with van der Waals surface area (Å²) in [7, 11) is 0. The Labute approximate surface area is 113 Å². The first-order chi connectivity index (χ1) is 9.65. The van der Waals surface area contributed by atoms with Gasteiger partial charge in [-0.2, -0.15) is 0 Å². The number of hydrogen-bond acceptors (Lipinski definition) is 4. The lowest BCUT2D eigenvalue weighted by atomic mass is 10.1. The first kappa shape index (κ1) is 12.0. The SMILES string of the molecule is O=C(Nc1ccc2c(c1)C(=O)NC2=O)c1ccncc1. The van der Waals surface area contributed by atoms with Crippen molar-refractivity contribution >= 4 is 23.4 Å². The molecular weight excluding hydrogens is 258 g/mol. The molecule has 0 atom stereocenters. The van der Waals surface area contributed by atoms with Gasteiger partial charge in [-0.1, -0.05) is 0 Å². The van der Waals surface area contributed by atoms with Crippen molar-refractivity contribution in [3.63, 3.8) is 0 Å².